The lowest BCUT2D eigenvalue weighted by Gasteiger charge is -2.42. The largest absolute Gasteiger partial charge is 0.468 e. The van der Waals surface area contributed by atoms with Crippen LogP contribution in [-0.4, -0.2) is 31.7 Å². The zero-order chi connectivity index (χ0) is 15.9. The summed E-state index contributed by atoms with van der Waals surface area (Å²) in [6, 6.07) is 0. The van der Waals surface area contributed by atoms with E-state index in [0.29, 0.717) is 19.0 Å². The van der Waals surface area contributed by atoms with Crippen LogP contribution in [0.1, 0.15) is 52.9 Å². The smallest absolute Gasteiger partial charge is 0.326 e. The van der Waals surface area contributed by atoms with Crippen molar-refractivity contribution >= 4 is 5.97 Å². The van der Waals surface area contributed by atoms with Gasteiger partial charge in [0, 0.05) is 11.5 Å². The highest BCUT2D eigenvalue weighted by Gasteiger charge is 2.44. The van der Waals surface area contributed by atoms with Gasteiger partial charge < -0.3 is 10.1 Å². The Bertz CT molecular complexity index is 389. The van der Waals surface area contributed by atoms with Crippen LogP contribution in [0.15, 0.2) is 5.11 Å². The van der Waals surface area contributed by atoms with Gasteiger partial charge in [-0.25, -0.2) is 0 Å². The van der Waals surface area contributed by atoms with E-state index in [0.717, 1.165) is 32.1 Å². The van der Waals surface area contributed by atoms with E-state index in [9.17, 15) is 4.79 Å². The first-order valence-electron chi connectivity index (χ1n) is 7.70. The van der Waals surface area contributed by atoms with Crippen LogP contribution in [0.2, 0.25) is 0 Å². The van der Waals surface area contributed by atoms with Gasteiger partial charge in [-0.2, -0.15) is 0 Å². The molecule has 0 heterocycles. The normalized spacial score (nSPS) is 26.0. The molecule has 0 amide bonds. The van der Waals surface area contributed by atoms with Gasteiger partial charge in [-0.1, -0.05) is 25.9 Å². The minimum Gasteiger partial charge on any atom is -0.468 e. The highest BCUT2D eigenvalue weighted by atomic mass is 16.5. The number of hydrogen-bond acceptors (Lipinski definition) is 4. The van der Waals surface area contributed by atoms with Crippen molar-refractivity contribution in [2.45, 2.75) is 58.4 Å². The molecule has 0 unspecified atom stereocenters. The van der Waals surface area contributed by atoms with Crippen LogP contribution in [0.4, 0.5) is 0 Å². The lowest BCUT2D eigenvalue weighted by atomic mass is 9.67. The van der Waals surface area contributed by atoms with Crippen molar-refractivity contribution < 1.29 is 9.53 Å². The number of nitrogens with one attached hydrogen (secondary N) is 1. The van der Waals surface area contributed by atoms with Crippen molar-refractivity contribution in [3.05, 3.63) is 10.4 Å². The molecule has 120 valence electrons. The molecule has 1 rings (SSSR count). The Morgan fingerprint density at radius 2 is 2.05 bits per heavy atom. The highest BCUT2D eigenvalue weighted by Crippen LogP contribution is 2.41. The van der Waals surface area contributed by atoms with E-state index in [2.05, 4.69) is 36.1 Å². The Kier molecular flexibility index (Phi) is 6.49. The third kappa shape index (κ3) is 4.90. The van der Waals surface area contributed by atoms with E-state index in [1.807, 2.05) is 0 Å². The standard InChI is InChI=1S/C15H28N4O2/c1-14(2,3)12-6-8-15(9-7-12,13(20)21-4)17-10-5-11-18-19-16/h12,17H,5-11H2,1-4H3. The zero-order valence-corrected chi connectivity index (χ0v) is 13.7. The molecule has 6 nitrogen and oxygen atoms in total. The van der Waals surface area contributed by atoms with Gasteiger partial charge in [0.05, 0.1) is 7.11 Å². The molecule has 0 aromatic carbocycles. The fraction of sp³-hybridized carbons (Fsp3) is 0.933. The Hall–Kier alpha value is -1.26. The number of rotatable bonds is 6. The second-order valence-corrected chi connectivity index (χ2v) is 6.95. The first-order valence-corrected chi connectivity index (χ1v) is 7.70. The fourth-order valence-electron chi connectivity index (χ4n) is 3.15. The average molecular weight is 296 g/mol. The number of azide groups is 1. The molecule has 0 spiro atoms. The van der Waals surface area contributed by atoms with E-state index in [1.165, 1.54) is 7.11 Å². The summed E-state index contributed by atoms with van der Waals surface area (Å²) in [4.78, 5) is 14.9. The van der Waals surface area contributed by atoms with Crippen molar-refractivity contribution in [3.8, 4) is 0 Å². The average Bonchev–Trinajstić information content (AvgIpc) is 2.45. The van der Waals surface area contributed by atoms with Gasteiger partial charge in [0.15, 0.2) is 0 Å². The molecule has 6 heteroatoms. The van der Waals surface area contributed by atoms with E-state index in [1.54, 1.807) is 0 Å². The van der Waals surface area contributed by atoms with Gasteiger partial charge in [-0.05, 0) is 55.5 Å². The number of ether oxygens (including phenoxy) is 1. The Balaban J connectivity index is 2.61. The van der Waals surface area contributed by atoms with Crippen LogP contribution in [-0.2, 0) is 9.53 Å². The summed E-state index contributed by atoms with van der Waals surface area (Å²) in [6.45, 7) is 7.89. The number of esters is 1. The summed E-state index contributed by atoms with van der Waals surface area (Å²) < 4.78 is 5.01. The summed E-state index contributed by atoms with van der Waals surface area (Å²) in [6.07, 6.45) is 4.40. The quantitative estimate of drug-likeness (QED) is 0.268. The lowest BCUT2D eigenvalue weighted by Crippen LogP contribution is -2.55. The summed E-state index contributed by atoms with van der Waals surface area (Å²) in [5, 5.41) is 6.87. The van der Waals surface area contributed by atoms with Crippen LogP contribution in [0.25, 0.3) is 10.4 Å². The monoisotopic (exact) mass is 296 g/mol. The first kappa shape index (κ1) is 17.8. The van der Waals surface area contributed by atoms with Gasteiger partial charge in [0.25, 0.3) is 0 Å². The van der Waals surface area contributed by atoms with E-state index in [-0.39, 0.29) is 11.4 Å². The topological polar surface area (TPSA) is 87.1 Å². The molecule has 0 radical (unpaired) electrons. The maximum Gasteiger partial charge on any atom is 0.326 e. The third-order valence-corrected chi connectivity index (χ3v) is 4.60. The second kappa shape index (κ2) is 7.66. The predicted molar refractivity (Wildman–Crippen MR) is 82.8 cm³/mol. The van der Waals surface area contributed by atoms with Crippen molar-refractivity contribution in [1.29, 1.82) is 0 Å². The van der Waals surface area contributed by atoms with Crippen LogP contribution in [0.5, 0.6) is 0 Å². The molecule has 1 fully saturated rings. The fourth-order valence-corrected chi connectivity index (χ4v) is 3.15. The highest BCUT2D eigenvalue weighted by molar-refractivity contribution is 5.80. The maximum absolute atomic E-state index is 12.2. The molecule has 0 aromatic heterocycles. The summed E-state index contributed by atoms with van der Waals surface area (Å²) in [5.74, 6) is 0.471. The van der Waals surface area contributed by atoms with Gasteiger partial charge in [-0.3, -0.25) is 4.79 Å². The minimum atomic E-state index is -0.563. The molecule has 0 bridgehead atoms. The molecule has 21 heavy (non-hydrogen) atoms. The Morgan fingerprint density at radius 3 is 2.52 bits per heavy atom. The van der Waals surface area contributed by atoms with Crippen molar-refractivity contribution in [3.63, 3.8) is 0 Å². The zero-order valence-electron chi connectivity index (χ0n) is 13.7. The molecule has 1 saturated carbocycles. The van der Waals surface area contributed by atoms with Crippen LogP contribution < -0.4 is 5.32 Å². The Labute approximate surface area is 127 Å². The van der Waals surface area contributed by atoms with Crippen molar-refractivity contribution in [2.75, 3.05) is 20.2 Å². The number of carbonyl (C=O) groups is 1. The number of methoxy groups -OCH3 is 1. The van der Waals surface area contributed by atoms with Crippen LogP contribution in [0.3, 0.4) is 0 Å². The number of carbonyl (C=O) groups excluding carboxylic acids is 1. The SMILES string of the molecule is COC(=O)C1(NCCCN=[N+]=[N-])CCC(C(C)(C)C)CC1. The van der Waals surface area contributed by atoms with E-state index >= 15 is 0 Å². The molecule has 0 aromatic rings. The molecule has 0 atom stereocenters. The van der Waals surface area contributed by atoms with Gasteiger partial charge in [-0.15, -0.1) is 0 Å². The van der Waals surface area contributed by atoms with Crippen molar-refractivity contribution in [2.24, 2.45) is 16.4 Å². The molecule has 1 aliphatic carbocycles. The second-order valence-electron chi connectivity index (χ2n) is 6.95. The van der Waals surface area contributed by atoms with Gasteiger partial charge >= 0.3 is 5.97 Å². The van der Waals surface area contributed by atoms with Crippen LogP contribution >= 0.6 is 0 Å². The summed E-state index contributed by atoms with van der Waals surface area (Å²) in [7, 11) is 1.45. The molecule has 1 N–H and O–H groups in total. The van der Waals surface area contributed by atoms with E-state index in [4.69, 9.17) is 10.3 Å². The molecule has 0 aliphatic heterocycles. The summed E-state index contributed by atoms with van der Waals surface area (Å²) >= 11 is 0. The molecular formula is C15H28N4O2. The van der Waals surface area contributed by atoms with Gasteiger partial charge in [0.1, 0.15) is 5.54 Å². The van der Waals surface area contributed by atoms with Crippen molar-refractivity contribution in [1.82, 2.24) is 5.32 Å². The molecular weight excluding hydrogens is 268 g/mol. The summed E-state index contributed by atoms with van der Waals surface area (Å²) in [5.41, 5.74) is 7.98. The molecule has 1 aliphatic rings. The third-order valence-electron chi connectivity index (χ3n) is 4.60. The number of hydrogen-bond donors (Lipinski definition) is 1. The maximum atomic E-state index is 12.2. The van der Waals surface area contributed by atoms with E-state index < -0.39 is 5.54 Å². The first-order chi connectivity index (χ1) is 9.85. The predicted octanol–water partition coefficient (Wildman–Crippen LogP) is 3.42. The van der Waals surface area contributed by atoms with Crippen LogP contribution in [0, 0.1) is 11.3 Å². The Morgan fingerprint density at radius 1 is 1.43 bits per heavy atom. The minimum absolute atomic E-state index is 0.168. The van der Waals surface area contributed by atoms with Gasteiger partial charge in [0.2, 0.25) is 0 Å². The number of nitrogens with zero attached hydrogens (tertiary/aromatic N) is 3. The lowest BCUT2D eigenvalue weighted by molar-refractivity contribution is -0.151. The molecule has 0 saturated heterocycles.